The molecule has 1 aliphatic heterocycles. The average Bonchev–Trinajstić information content (AvgIpc) is 2.48. The zero-order chi connectivity index (χ0) is 13.1. The summed E-state index contributed by atoms with van der Waals surface area (Å²) in [6, 6.07) is 6.90. The molecule has 1 unspecified atom stereocenters. The summed E-state index contributed by atoms with van der Waals surface area (Å²) in [7, 11) is 0. The predicted molar refractivity (Wildman–Crippen MR) is 74.5 cm³/mol. The summed E-state index contributed by atoms with van der Waals surface area (Å²) >= 11 is 0. The molecule has 0 fully saturated rings. The van der Waals surface area contributed by atoms with Gasteiger partial charge in [-0.1, -0.05) is 37.6 Å². The van der Waals surface area contributed by atoms with E-state index < -0.39 is 0 Å². The van der Waals surface area contributed by atoms with Gasteiger partial charge in [0, 0.05) is 13.0 Å². The predicted octanol–water partition coefficient (Wildman–Crippen LogP) is 3.63. The molecule has 2 rings (SSSR count). The van der Waals surface area contributed by atoms with E-state index in [1.165, 1.54) is 16.7 Å². The van der Waals surface area contributed by atoms with Crippen LogP contribution in [0.4, 0.5) is 0 Å². The van der Waals surface area contributed by atoms with Crippen molar-refractivity contribution in [1.29, 1.82) is 0 Å². The van der Waals surface area contributed by atoms with Crippen molar-refractivity contribution in [2.75, 3.05) is 6.54 Å². The molecule has 1 heterocycles. The van der Waals surface area contributed by atoms with E-state index in [2.05, 4.69) is 43.9 Å². The van der Waals surface area contributed by atoms with Crippen molar-refractivity contribution in [2.45, 2.75) is 52.5 Å². The van der Waals surface area contributed by atoms with Crippen LogP contribution in [-0.2, 0) is 11.2 Å². The van der Waals surface area contributed by atoms with Gasteiger partial charge in [-0.2, -0.15) is 0 Å². The summed E-state index contributed by atoms with van der Waals surface area (Å²) in [4.78, 5) is 14.3. The number of amides is 1. The Morgan fingerprint density at radius 2 is 2.06 bits per heavy atom. The Bertz CT molecular complexity index is 439. The summed E-state index contributed by atoms with van der Waals surface area (Å²) < 4.78 is 0. The lowest BCUT2D eigenvalue weighted by atomic mass is 9.95. The molecule has 1 aliphatic rings. The van der Waals surface area contributed by atoms with E-state index >= 15 is 0 Å². The highest BCUT2D eigenvalue weighted by Gasteiger charge is 2.28. The molecule has 0 spiro atoms. The van der Waals surface area contributed by atoms with Crippen LogP contribution in [0.3, 0.4) is 0 Å². The van der Waals surface area contributed by atoms with Gasteiger partial charge in [0.1, 0.15) is 0 Å². The quantitative estimate of drug-likeness (QED) is 0.796. The molecule has 0 saturated heterocycles. The van der Waals surface area contributed by atoms with Gasteiger partial charge in [0.15, 0.2) is 0 Å². The molecular formula is C16H23NO. The van der Waals surface area contributed by atoms with Crippen LogP contribution in [0.2, 0.25) is 0 Å². The third-order valence-corrected chi connectivity index (χ3v) is 3.82. The molecular weight excluding hydrogens is 222 g/mol. The van der Waals surface area contributed by atoms with Crippen LogP contribution >= 0.6 is 0 Å². The first-order valence-electron chi connectivity index (χ1n) is 7.06. The molecule has 1 atom stereocenters. The largest absolute Gasteiger partial charge is 0.336 e. The Morgan fingerprint density at radius 3 is 2.72 bits per heavy atom. The molecule has 0 aromatic heterocycles. The van der Waals surface area contributed by atoms with Crippen LogP contribution in [0.1, 0.15) is 55.8 Å². The number of aryl methyl sites for hydroxylation is 2. The van der Waals surface area contributed by atoms with Crippen molar-refractivity contribution < 1.29 is 4.79 Å². The van der Waals surface area contributed by atoms with Crippen molar-refractivity contribution in [3.8, 4) is 0 Å². The number of nitrogens with zero attached hydrogens (tertiary/aromatic N) is 1. The van der Waals surface area contributed by atoms with Crippen LogP contribution in [-0.4, -0.2) is 17.4 Å². The summed E-state index contributed by atoms with van der Waals surface area (Å²) in [5.74, 6) is 0.317. The maximum absolute atomic E-state index is 12.3. The van der Waals surface area contributed by atoms with Crippen LogP contribution in [0, 0.1) is 6.92 Å². The number of hydrogen-bond donors (Lipinski definition) is 0. The maximum atomic E-state index is 12.3. The number of fused-ring (bicyclic) bond motifs is 1. The van der Waals surface area contributed by atoms with Crippen LogP contribution in [0.5, 0.6) is 0 Å². The molecule has 2 nitrogen and oxygen atoms in total. The molecule has 0 aliphatic carbocycles. The Balaban J connectivity index is 2.44. The average molecular weight is 245 g/mol. The van der Waals surface area contributed by atoms with E-state index in [1.54, 1.807) is 0 Å². The fraction of sp³-hybridized carbons (Fsp3) is 0.562. The highest BCUT2D eigenvalue weighted by Crippen LogP contribution is 2.32. The van der Waals surface area contributed by atoms with Gasteiger partial charge in [0.05, 0.1) is 6.04 Å². The minimum atomic E-state index is 0.273. The molecule has 1 aromatic carbocycles. The lowest BCUT2D eigenvalue weighted by Crippen LogP contribution is -2.34. The SMILES string of the molecule is CCCN1C(=O)CCc2ccc(C)cc2C1CC. The Morgan fingerprint density at radius 1 is 1.28 bits per heavy atom. The van der Waals surface area contributed by atoms with Gasteiger partial charge >= 0.3 is 0 Å². The fourth-order valence-electron chi connectivity index (χ4n) is 2.94. The molecule has 0 bridgehead atoms. The second-order valence-electron chi connectivity index (χ2n) is 5.21. The van der Waals surface area contributed by atoms with Crippen LogP contribution in [0.25, 0.3) is 0 Å². The number of hydrogen-bond acceptors (Lipinski definition) is 1. The van der Waals surface area contributed by atoms with Crippen molar-refractivity contribution in [3.63, 3.8) is 0 Å². The standard InChI is InChI=1S/C16H23NO/c1-4-10-17-15(5-2)14-11-12(3)6-7-13(14)8-9-16(17)18/h6-7,11,15H,4-5,8-10H2,1-3H3. The molecule has 0 saturated carbocycles. The molecule has 0 radical (unpaired) electrons. The van der Waals surface area contributed by atoms with E-state index in [0.29, 0.717) is 12.3 Å². The summed E-state index contributed by atoms with van der Waals surface area (Å²) in [6.07, 6.45) is 3.59. The highest BCUT2D eigenvalue weighted by atomic mass is 16.2. The van der Waals surface area contributed by atoms with E-state index in [9.17, 15) is 4.79 Å². The summed E-state index contributed by atoms with van der Waals surface area (Å²) in [6.45, 7) is 7.33. The van der Waals surface area contributed by atoms with E-state index in [1.807, 2.05) is 0 Å². The topological polar surface area (TPSA) is 20.3 Å². The fourth-order valence-corrected chi connectivity index (χ4v) is 2.94. The first-order valence-corrected chi connectivity index (χ1v) is 7.06. The highest BCUT2D eigenvalue weighted by molar-refractivity contribution is 5.78. The van der Waals surface area contributed by atoms with Crippen LogP contribution < -0.4 is 0 Å². The number of benzene rings is 1. The zero-order valence-electron chi connectivity index (χ0n) is 11.7. The molecule has 18 heavy (non-hydrogen) atoms. The number of rotatable bonds is 3. The molecule has 98 valence electrons. The Hall–Kier alpha value is -1.31. The van der Waals surface area contributed by atoms with E-state index in [0.717, 1.165) is 25.8 Å². The summed E-state index contributed by atoms with van der Waals surface area (Å²) in [5, 5.41) is 0. The third-order valence-electron chi connectivity index (χ3n) is 3.82. The zero-order valence-corrected chi connectivity index (χ0v) is 11.7. The van der Waals surface area contributed by atoms with Crippen molar-refractivity contribution >= 4 is 5.91 Å². The number of carbonyl (C=O) groups is 1. The second-order valence-corrected chi connectivity index (χ2v) is 5.21. The van der Waals surface area contributed by atoms with Crippen molar-refractivity contribution in [1.82, 2.24) is 4.90 Å². The van der Waals surface area contributed by atoms with E-state index in [4.69, 9.17) is 0 Å². The monoisotopic (exact) mass is 245 g/mol. The third kappa shape index (κ3) is 2.43. The Labute approximate surface area is 110 Å². The lowest BCUT2D eigenvalue weighted by Gasteiger charge is -2.30. The normalized spacial score (nSPS) is 19.6. The molecule has 1 aromatic rings. The smallest absolute Gasteiger partial charge is 0.223 e. The van der Waals surface area contributed by atoms with Gasteiger partial charge in [-0.05, 0) is 37.3 Å². The van der Waals surface area contributed by atoms with Crippen molar-refractivity contribution in [3.05, 3.63) is 34.9 Å². The molecule has 0 N–H and O–H groups in total. The molecule has 1 amide bonds. The van der Waals surface area contributed by atoms with Gasteiger partial charge in [0.25, 0.3) is 0 Å². The van der Waals surface area contributed by atoms with Gasteiger partial charge in [-0.25, -0.2) is 0 Å². The van der Waals surface area contributed by atoms with Gasteiger partial charge in [0.2, 0.25) is 5.91 Å². The van der Waals surface area contributed by atoms with Crippen LogP contribution in [0.15, 0.2) is 18.2 Å². The summed E-state index contributed by atoms with van der Waals surface area (Å²) in [5.41, 5.74) is 4.02. The first kappa shape index (κ1) is 13.1. The van der Waals surface area contributed by atoms with Gasteiger partial charge in [-0.15, -0.1) is 0 Å². The van der Waals surface area contributed by atoms with Crippen molar-refractivity contribution in [2.24, 2.45) is 0 Å². The maximum Gasteiger partial charge on any atom is 0.223 e. The minimum Gasteiger partial charge on any atom is -0.336 e. The Kier molecular flexibility index (Phi) is 4.05. The van der Waals surface area contributed by atoms with E-state index in [-0.39, 0.29) is 6.04 Å². The number of carbonyl (C=O) groups excluding carboxylic acids is 1. The second kappa shape index (κ2) is 5.55. The van der Waals surface area contributed by atoms with Gasteiger partial charge < -0.3 is 4.90 Å². The lowest BCUT2D eigenvalue weighted by molar-refractivity contribution is -0.133. The minimum absolute atomic E-state index is 0.273. The molecule has 2 heteroatoms. The van der Waals surface area contributed by atoms with Gasteiger partial charge in [-0.3, -0.25) is 4.79 Å². The first-order chi connectivity index (χ1) is 8.67.